The fourth-order valence-electron chi connectivity index (χ4n) is 3.07. The Bertz CT molecular complexity index is 556. The average molecular weight is 346 g/mol. The summed E-state index contributed by atoms with van der Waals surface area (Å²) in [5.74, 6) is -0.0603. The number of alkyl halides is 3. The monoisotopic (exact) mass is 346 g/mol. The van der Waals surface area contributed by atoms with Crippen LogP contribution in [0.2, 0.25) is 0 Å². The summed E-state index contributed by atoms with van der Waals surface area (Å²) in [6, 6.07) is 1.47. The molecule has 1 aliphatic rings. The molecule has 0 bridgehead atoms. The molecule has 0 aromatic carbocycles. The number of halogens is 3. The number of likely N-dealkylation sites (tertiary alicyclic amines) is 1. The molecule has 2 rings (SSSR count). The van der Waals surface area contributed by atoms with Gasteiger partial charge in [0.1, 0.15) is 0 Å². The molecule has 0 radical (unpaired) electrons. The molecule has 1 saturated heterocycles. The van der Waals surface area contributed by atoms with Gasteiger partial charge in [0.25, 0.3) is 0 Å². The number of aromatic nitrogens is 2. The molecule has 0 aliphatic carbocycles. The summed E-state index contributed by atoms with van der Waals surface area (Å²) >= 11 is 0. The molecule has 0 unspecified atom stereocenters. The molecule has 1 fully saturated rings. The van der Waals surface area contributed by atoms with Crippen molar-refractivity contribution < 1.29 is 18.0 Å². The molecule has 8 heteroatoms. The molecule has 1 aromatic heterocycles. The first kappa shape index (κ1) is 18.8. The molecular formula is C16H25F3N4O. The Hall–Kier alpha value is -1.57. The number of hydrogen-bond donors (Lipinski definition) is 1. The third-order valence-electron chi connectivity index (χ3n) is 4.54. The highest BCUT2D eigenvalue weighted by Gasteiger charge is 2.34. The van der Waals surface area contributed by atoms with Crippen LogP contribution in [0.3, 0.4) is 0 Å². The van der Waals surface area contributed by atoms with E-state index in [1.807, 2.05) is 0 Å². The number of aryl methyl sites for hydroxylation is 1. The molecule has 2 heterocycles. The van der Waals surface area contributed by atoms with Crippen molar-refractivity contribution in [2.24, 2.45) is 0 Å². The molecule has 1 aliphatic heterocycles. The van der Waals surface area contributed by atoms with Crippen LogP contribution < -0.4 is 5.32 Å². The summed E-state index contributed by atoms with van der Waals surface area (Å²) in [5, 5.41) is 6.30. The molecule has 1 N–H and O–H groups in total. The summed E-state index contributed by atoms with van der Waals surface area (Å²) in [6.07, 6.45) is 0.364. The van der Waals surface area contributed by atoms with Crippen molar-refractivity contribution in [2.45, 2.75) is 57.8 Å². The highest BCUT2D eigenvalue weighted by Crippen LogP contribution is 2.28. The van der Waals surface area contributed by atoms with Gasteiger partial charge in [-0.05, 0) is 45.8 Å². The highest BCUT2D eigenvalue weighted by molar-refractivity contribution is 5.75. The SMILES string of the molecule is Cc1cc(C(F)(F)F)nn1CCNC(=O)CC[C@@H]1CCCCN1C. The predicted octanol–water partition coefficient (Wildman–Crippen LogP) is 2.59. The Balaban J connectivity index is 1.72. The summed E-state index contributed by atoms with van der Waals surface area (Å²) in [6.45, 7) is 3.16. The van der Waals surface area contributed by atoms with Gasteiger partial charge in [-0.25, -0.2) is 0 Å². The lowest BCUT2D eigenvalue weighted by Crippen LogP contribution is -2.37. The molecule has 1 atom stereocenters. The van der Waals surface area contributed by atoms with Crippen molar-refractivity contribution in [3.05, 3.63) is 17.5 Å². The summed E-state index contributed by atoms with van der Waals surface area (Å²) < 4.78 is 39.0. The van der Waals surface area contributed by atoms with Crippen molar-refractivity contribution in [2.75, 3.05) is 20.1 Å². The van der Waals surface area contributed by atoms with E-state index in [0.29, 0.717) is 18.2 Å². The average Bonchev–Trinajstić information content (AvgIpc) is 2.88. The van der Waals surface area contributed by atoms with Gasteiger partial charge in [-0.1, -0.05) is 6.42 Å². The third kappa shape index (κ3) is 5.22. The zero-order chi connectivity index (χ0) is 17.7. The van der Waals surface area contributed by atoms with E-state index in [1.54, 1.807) is 6.92 Å². The zero-order valence-corrected chi connectivity index (χ0v) is 14.2. The number of nitrogens with zero attached hydrogens (tertiary/aromatic N) is 3. The maximum atomic E-state index is 12.6. The number of hydrogen-bond acceptors (Lipinski definition) is 3. The fraction of sp³-hybridized carbons (Fsp3) is 0.750. The maximum absolute atomic E-state index is 12.6. The minimum Gasteiger partial charge on any atom is -0.354 e. The minimum atomic E-state index is -4.44. The van der Waals surface area contributed by atoms with Gasteiger partial charge in [0, 0.05) is 24.7 Å². The lowest BCUT2D eigenvalue weighted by atomic mass is 9.98. The van der Waals surface area contributed by atoms with E-state index in [4.69, 9.17) is 0 Å². The quantitative estimate of drug-likeness (QED) is 0.861. The minimum absolute atomic E-state index is 0.0603. The zero-order valence-electron chi connectivity index (χ0n) is 14.2. The summed E-state index contributed by atoms with van der Waals surface area (Å²) in [4.78, 5) is 14.2. The second-order valence-electron chi connectivity index (χ2n) is 6.41. The Morgan fingerprint density at radius 1 is 1.42 bits per heavy atom. The fourth-order valence-corrected chi connectivity index (χ4v) is 3.07. The van der Waals surface area contributed by atoms with Crippen LogP contribution in [0.4, 0.5) is 13.2 Å². The second kappa shape index (κ2) is 8.00. The van der Waals surface area contributed by atoms with Crippen LogP contribution in [0.15, 0.2) is 6.07 Å². The largest absolute Gasteiger partial charge is 0.435 e. The summed E-state index contributed by atoms with van der Waals surface area (Å²) in [7, 11) is 2.08. The van der Waals surface area contributed by atoms with Crippen molar-refractivity contribution in [3.8, 4) is 0 Å². The lowest BCUT2D eigenvalue weighted by molar-refractivity contribution is -0.141. The van der Waals surface area contributed by atoms with Crippen LogP contribution in [0.25, 0.3) is 0 Å². The van der Waals surface area contributed by atoms with Crippen LogP contribution in [0.5, 0.6) is 0 Å². The van der Waals surface area contributed by atoms with Gasteiger partial charge in [-0.2, -0.15) is 18.3 Å². The van der Waals surface area contributed by atoms with Crippen molar-refractivity contribution in [3.63, 3.8) is 0 Å². The van der Waals surface area contributed by atoms with E-state index in [2.05, 4.69) is 22.4 Å². The standard InChI is InChI=1S/C16H25F3N4O/c1-12-11-14(16(17,18)19)21-23(12)10-8-20-15(24)7-6-13-5-3-4-9-22(13)2/h11,13H,3-10H2,1-2H3,(H,20,24)/t13-/m0/s1. The van der Waals surface area contributed by atoms with E-state index in [0.717, 1.165) is 25.5 Å². The molecule has 0 spiro atoms. The van der Waals surface area contributed by atoms with Gasteiger partial charge in [-0.15, -0.1) is 0 Å². The predicted molar refractivity (Wildman–Crippen MR) is 84.5 cm³/mol. The Labute approximate surface area is 140 Å². The van der Waals surface area contributed by atoms with Gasteiger partial charge in [0.15, 0.2) is 5.69 Å². The molecule has 0 saturated carbocycles. The Kier molecular flexibility index (Phi) is 6.26. The van der Waals surface area contributed by atoms with Crippen LogP contribution in [0.1, 0.15) is 43.5 Å². The number of amides is 1. The van der Waals surface area contributed by atoms with Gasteiger partial charge in [0.2, 0.25) is 5.91 Å². The lowest BCUT2D eigenvalue weighted by Gasteiger charge is -2.32. The van der Waals surface area contributed by atoms with Crippen molar-refractivity contribution in [1.82, 2.24) is 20.0 Å². The van der Waals surface area contributed by atoms with E-state index in [1.165, 1.54) is 17.5 Å². The molecule has 24 heavy (non-hydrogen) atoms. The second-order valence-corrected chi connectivity index (χ2v) is 6.41. The number of rotatable bonds is 6. The van der Waals surface area contributed by atoms with E-state index >= 15 is 0 Å². The van der Waals surface area contributed by atoms with E-state index in [-0.39, 0.29) is 19.0 Å². The Morgan fingerprint density at radius 3 is 2.79 bits per heavy atom. The van der Waals surface area contributed by atoms with Crippen LogP contribution in [0, 0.1) is 6.92 Å². The molecule has 1 aromatic rings. The number of carbonyl (C=O) groups excluding carboxylic acids is 1. The van der Waals surface area contributed by atoms with Crippen LogP contribution in [-0.2, 0) is 17.5 Å². The normalized spacial score (nSPS) is 19.5. The topological polar surface area (TPSA) is 50.2 Å². The summed E-state index contributed by atoms with van der Waals surface area (Å²) in [5.41, 5.74) is -0.466. The molecule has 1 amide bonds. The maximum Gasteiger partial charge on any atom is 0.435 e. The third-order valence-corrected chi connectivity index (χ3v) is 4.54. The van der Waals surface area contributed by atoms with Crippen molar-refractivity contribution in [1.29, 1.82) is 0 Å². The van der Waals surface area contributed by atoms with Gasteiger partial charge in [0.05, 0.1) is 6.54 Å². The Morgan fingerprint density at radius 2 is 2.17 bits per heavy atom. The van der Waals surface area contributed by atoms with Gasteiger partial charge >= 0.3 is 6.18 Å². The van der Waals surface area contributed by atoms with Gasteiger partial charge < -0.3 is 10.2 Å². The first-order valence-corrected chi connectivity index (χ1v) is 8.36. The molecule has 136 valence electrons. The number of piperidine rings is 1. The smallest absolute Gasteiger partial charge is 0.354 e. The van der Waals surface area contributed by atoms with Crippen molar-refractivity contribution >= 4 is 5.91 Å². The number of nitrogens with one attached hydrogen (secondary N) is 1. The highest BCUT2D eigenvalue weighted by atomic mass is 19.4. The van der Waals surface area contributed by atoms with E-state index in [9.17, 15) is 18.0 Å². The molecular weight excluding hydrogens is 321 g/mol. The number of carbonyl (C=O) groups is 1. The first-order valence-electron chi connectivity index (χ1n) is 8.36. The van der Waals surface area contributed by atoms with E-state index < -0.39 is 11.9 Å². The molecule has 5 nitrogen and oxygen atoms in total. The first-order chi connectivity index (χ1) is 11.3. The van der Waals surface area contributed by atoms with Gasteiger partial charge in [-0.3, -0.25) is 9.48 Å². The van der Waals surface area contributed by atoms with Crippen LogP contribution >= 0.6 is 0 Å². The van der Waals surface area contributed by atoms with Crippen LogP contribution in [-0.4, -0.2) is 46.8 Å².